The summed E-state index contributed by atoms with van der Waals surface area (Å²) in [6, 6.07) is 0. The van der Waals surface area contributed by atoms with Gasteiger partial charge < -0.3 is 10.6 Å². The van der Waals surface area contributed by atoms with Crippen molar-refractivity contribution in [3.8, 4) is 0 Å². The molecular weight excluding hydrogens is 222 g/mol. The van der Waals surface area contributed by atoms with Gasteiger partial charge in [-0.2, -0.15) is 0 Å². The highest BCUT2D eigenvalue weighted by atomic mass is 15.2. The zero-order chi connectivity index (χ0) is 13.0. The van der Waals surface area contributed by atoms with Crippen molar-refractivity contribution in [1.82, 2.24) is 9.80 Å². The summed E-state index contributed by atoms with van der Waals surface area (Å²) < 4.78 is 0. The van der Waals surface area contributed by atoms with Crippen LogP contribution in [-0.2, 0) is 0 Å². The smallest absolute Gasteiger partial charge is 0.0344 e. The Hall–Kier alpha value is -0.120. The number of hydrogen-bond acceptors (Lipinski definition) is 3. The molecule has 0 amide bonds. The minimum atomic E-state index is 0.309. The largest absolute Gasteiger partial charge is 0.329 e. The van der Waals surface area contributed by atoms with Gasteiger partial charge in [-0.3, -0.25) is 4.90 Å². The first-order valence-corrected chi connectivity index (χ1v) is 7.84. The zero-order valence-corrected chi connectivity index (χ0v) is 12.3. The van der Waals surface area contributed by atoms with Gasteiger partial charge in [-0.05, 0) is 71.2 Å². The predicted molar refractivity (Wildman–Crippen MR) is 77.7 cm³/mol. The lowest BCUT2D eigenvalue weighted by Crippen LogP contribution is -2.56. The molecule has 1 unspecified atom stereocenters. The second kappa shape index (κ2) is 6.36. The Morgan fingerprint density at radius 1 is 1.11 bits per heavy atom. The molecular formula is C15H31N3. The molecule has 2 aliphatic rings. The molecule has 0 aromatic carbocycles. The first kappa shape index (κ1) is 14.3. The van der Waals surface area contributed by atoms with Gasteiger partial charge in [-0.25, -0.2) is 0 Å². The molecule has 0 aliphatic carbocycles. The molecule has 2 fully saturated rings. The summed E-state index contributed by atoms with van der Waals surface area (Å²) in [7, 11) is 2.25. The van der Waals surface area contributed by atoms with Crippen molar-refractivity contribution in [3.05, 3.63) is 0 Å². The van der Waals surface area contributed by atoms with Gasteiger partial charge in [0.2, 0.25) is 0 Å². The van der Waals surface area contributed by atoms with Crippen LogP contribution in [0.4, 0.5) is 0 Å². The van der Waals surface area contributed by atoms with Gasteiger partial charge in [0.25, 0.3) is 0 Å². The van der Waals surface area contributed by atoms with E-state index in [-0.39, 0.29) is 0 Å². The average Bonchev–Trinajstić information content (AvgIpc) is 2.62. The number of rotatable bonds is 3. The van der Waals surface area contributed by atoms with Gasteiger partial charge in [-0.15, -0.1) is 0 Å². The topological polar surface area (TPSA) is 32.5 Å². The third kappa shape index (κ3) is 3.06. The highest BCUT2D eigenvalue weighted by Crippen LogP contribution is 2.32. The van der Waals surface area contributed by atoms with Crippen LogP contribution in [0.1, 0.15) is 45.4 Å². The SMILES string of the molecule is CCC1CCN(C2(CN)CCCN(C)CC2)CC1. The summed E-state index contributed by atoms with van der Waals surface area (Å²) in [6.07, 6.45) is 7.98. The standard InChI is InChI=1S/C15H31N3/c1-3-14-5-10-18(11-6-14)15(13-16)7-4-9-17(2)12-8-15/h14H,3-13,16H2,1-2H3. The predicted octanol–water partition coefficient (Wildman–Crippen LogP) is 1.92. The van der Waals surface area contributed by atoms with Crippen molar-refractivity contribution in [2.45, 2.75) is 51.0 Å². The van der Waals surface area contributed by atoms with Gasteiger partial charge in [-0.1, -0.05) is 13.3 Å². The first-order valence-electron chi connectivity index (χ1n) is 7.84. The molecule has 0 spiro atoms. The molecule has 0 radical (unpaired) electrons. The van der Waals surface area contributed by atoms with Crippen molar-refractivity contribution in [2.75, 3.05) is 39.8 Å². The van der Waals surface area contributed by atoms with E-state index in [4.69, 9.17) is 5.73 Å². The summed E-state index contributed by atoms with van der Waals surface area (Å²) in [4.78, 5) is 5.20. The zero-order valence-electron chi connectivity index (χ0n) is 12.3. The van der Waals surface area contributed by atoms with Crippen LogP contribution < -0.4 is 5.73 Å². The summed E-state index contributed by atoms with van der Waals surface area (Å²) in [5.74, 6) is 0.963. The molecule has 0 aromatic rings. The molecule has 2 saturated heterocycles. The number of piperidine rings is 1. The summed E-state index contributed by atoms with van der Waals surface area (Å²) in [5.41, 5.74) is 6.50. The molecule has 106 valence electrons. The van der Waals surface area contributed by atoms with Crippen LogP contribution in [-0.4, -0.2) is 55.1 Å². The van der Waals surface area contributed by atoms with Crippen LogP contribution in [0.15, 0.2) is 0 Å². The average molecular weight is 253 g/mol. The van der Waals surface area contributed by atoms with Crippen molar-refractivity contribution in [3.63, 3.8) is 0 Å². The molecule has 18 heavy (non-hydrogen) atoms. The fourth-order valence-corrected chi connectivity index (χ4v) is 3.78. The first-order chi connectivity index (χ1) is 8.70. The highest BCUT2D eigenvalue weighted by molar-refractivity contribution is 4.95. The van der Waals surface area contributed by atoms with E-state index in [1.165, 1.54) is 64.7 Å². The normalized spacial score (nSPS) is 33.5. The Labute approximate surface area is 113 Å². The Bertz CT molecular complexity index is 248. The van der Waals surface area contributed by atoms with E-state index in [0.29, 0.717) is 5.54 Å². The Balaban J connectivity index is 1.98. The third-order valence-electron chi connectivity index (χ3n) is 5.38. The van der Waals surface area contributed by atoms with Gasteiger partial charge in [0.15, 0.2) is 0 Å². The lowest BCUT2D eigenvalue weighted by molar-refractivity contribution is 0.0428. The lowest BCUT2D eigenvalue weighted by Gasteiger charge is -2.46. The third-order valence-corrected chi connectivity index (χ3v) is 5.38. The highest BCUT2D eigenvalue weighted by Gasteiger charge is 2.38. The van der Waals surface area contributed by atoms with Crippen molar-refractivity contribution in [1.29, 1.82) is 0 Å². The molecule has 0 aromatic heterocycles. The van der Waals surface area contributed by atoms with Crippen LogP contribution in [0, 0.1) is 5.92 Å². The molecule has 2 rings (SSSR count). The Kier molecular flexibility index (Phi) is 5.05. The lowest BCUT2D eigenvalue weighted by atomic mass is 9.84. The van der Waals surface area contributed by atoms with E-state index in [1.807, 2.05) is 0 Å². The monoisotopic (exact) mass is 253 g/mol. The minimum absolute atomic E-state index is 0.309. The fourth-order valence-electron chi connectivity index (χ4n) is 3.78. The summed E-state index contributed by atoms with van der Waals surface area (Å²) >= 11 is 0. The van der Waals surface area contributed by atoms with Crippen LogP contribution in [0.2, 0.25) is 0 Å². The molecule has 2 N–H and O–H groups in total. The minimum Gasteiger partial charge on any atom is -0.329 e. The van der Waals surface area contributed by atoms with Crippen LogP contribution in [0.25, 0.3) is 0 Å². The molecule has 3 heteroatoms. The fraction of sp³-hybridized carbons (Fsp3) is 1.00. The molecule has 2 heterocycles. The quantitative estimate of drug-likeness (QED) is 0.834. The van der Waals surface area contributed by atoms with E-state index >= 15 is 0 Å². The number of likely N-dealkylation sites (tertiary alicyclic amines) is 2. The number of nitrogens with two attached hydrogens (primary N) is 1. The van der Waals surface area contributed by atoms with Gasteiger partial charge in [0.1, 0.15) is 0 Å². The maximum atomic E-state index is 6.19. The van der Waals surface area contributed by atoms with E-state index in [0.717, 1.165) is 12.5 Å². The van der Waals surface area contributed by atoms with Crippen LogP contribution >= 0.6 is 0 Å². The molecule has 1 atom stereocenters. The van der Waals surface area contributed by atoms with Crippen molar-refractivity contribution >= 4 is 0 Å². The van der Waals surface area contributed by atoms with Gasteiger partial charge in [0, 0.05) is 12.1 Å². The van der Waals surface area contributed by atoms with Crippen molar-refractivity contribution in [2.24, 2.45) is 11.7 Å². The van der Waals surface area contributed by atoms with Gasteiger partial charge >= 0.3 is 0 Å². The van der Waals surface area contributed by atoms with E-state index in [1.54, 1.807) is 0 Å². The second-order valence-electron chi connectivity index (χ2n) is 6.42. The second-order valence-corrected chi connectivity index (χ2v) is 6.42. The van der Waals surface area contributed by atoms with E-state index in [2.05, 4.69) is 23.8 Å². The molecule has 2 aliphatic heterocycles. The van der Waals surface area contributed by atoms with Crippen LogP contribution in [0.3, 0.4) is 0 Å². The molecule has 0 bridgehead atoms. The molecule has 3 nitrogen and oxygen atoms in total. The Morgan fingerprint density at radius 2 is 1.83 bits per heavy atom. The number of nitrogens with zero attached hydrogens (tertiary/aromatic N) is 2. The summed E-state index contributed by atoms with van der Waals surface area (Å²) in [5, 5.41) is 0. The van der Waals surface area contributed by atoms with E-state index in [9.17, 15) is 0 Å². The summed E-state index contributed by atoms with van der Waals surface area (Å²) in [6.45, 7) is 8.19. The van der Waals surface area contributed by atoms with Gasteiger partial charge in [0.05, 0.1) is 0 Å². The maximum Gasteiger partial charge on any atom is 0.0344 e. The molecule has 0 saturated carbocycles. The number of hydrogen-bond donors (Lipinski definition) is 1. The maximum absolute atomic E-state index is 6.19. The van der Waals surface area contributed by atoms with Crippen LogP contribution in [0.5, 0.6) is 0 Å². The van der Waals surface area contributed by atoms with Crippen molar-refractivity contribution < 1.29 is 0 Å². The Morgan fingerprint density at radius 3 is 2.44 bits per heavy atom. The van der Waals surface area contributed by atoms with E-state index < -0.39 is 0 Å².